The van der Waals surface area contributed by atoms with Gasteiger partial charge in [-0.3, -0.25) is 5.41 Å². The average molecular weight is 246 g/mol. The molecule has 17 heavy (non-hydrogen) atoms. The van der Waals surface area contributed by atoms with Crippen molar-refractivity contribution < 1.29 is 13.2 Å². The number of nitrogens with zero attached hydrogens (tertiary/aromatic N) is 2. The van der Waals surface area contributed by atoms with Crippen LogP contribution in [0.15, 0.2) is 18.3 Å². The minimum atomic E-state index is -4.32. The molecule has 94 valence electrons. The van der Waals surface area contributed by atoms with Gasteiger partial charge in [-0.1, -0.05) is 0 Å². The van der Waals surface area contributed by atoms with Crippen molar-refractivity contribution in [3.63, 3.8) is 0 Å². The predicted molar refractivity (Wildman–Crippen MR) is 59.2 cm³/mol. The molecule has 0 saturated heterocycles. The molecule has 1 rings (SSSR count). The summed E-state index contributed by atoms with van der Waals surface area (Å²) in [6.07, 6.45) is -2.94. The number of nitrogens with one attached hydrogen (secondary N) is 1. The van der Waals surface area contributed by atoms with E-state index in [4.69, 9.17) is 11.1 Å². The normalized spacial score (nSPS) is 11.3. The summed E-state index contributed by atoms with van der Waals surface area (Å²) in [5.41, 5.74) is 5.51. The van der Waals surface area contributed by atoms with Crippen molar-refractivity contribution in [1.29, 1.82) is 5.41 Å². The smallest absolute Gasteiger partial charge is 0.384 e. The summed E-state index contributed by atoms with van der Waals surface area (Å²) in [6, 6.07) is 3.01. The number of nitrogen functional groups attached to an aromatic ring is 1. The number of hydrogen-bond acceptors (Lipinski definition) is 3. The second-order valence-electron chi connectivity index (χ2n) is 3.42. The molecule has 3 N–H and O–H groups in total. The van der Waals surface area contributed by atoms with Crippen molar-refractivity contribution in [1.82, 2.24) is 4.98 Å². The number of anilines is 1. The van der Waals surface area contributed by atoms with Gasteiger partial charge in [0, 0.05) is 12.7 Å². The highest BCUT2D eigenvalue weighted by Crippen LogP contribution is 2.22. The predicted octanol–water partition coefficient (Wildman–Crippen LogP) is 1.75. The van der Waals surface area contributed by atoms with Crippen LogP contribution in [0.4, 0.5) is 19.0 Å². The Balaban J connectivity index is 3.07. The van der Waals surface area contributed by atoms with Gasteiger partial charge in [-0.05, 0) is 19.1 Å². The number of nitrogens with two attached hydrogens (primary N) is 1. The van der Waals surface area contributed by atoms with E-state index < -0.39 is 12.7 Å². The van der Waals surface area contributed by atoms with Gasteiger partial charge in [0.1, 0.15) is 18.2 Å². The topological polar surface area (TPSA) is 66.0 Å². The van der Waals surface area contributed by atoms with Crippen LogP contribution in [0.5, 0.6) is 0 Å². The highest BCUT2D eigenvalue weighted by molar-refractivity contribution is 5.99. The zero-order valence-corrected chi connectivity index (χ0v) is 9.25. The van der Waals surface area contributed by atoms with Crippen LogP contribution in [0.25, 0.3) is 0 Å². The van der Waals surface area contributed by atoms with E-state index in [1.165, 1.54) is 18.3 Å². The van der Waals surface area contributed by atoms with E-state index in [1.807, 2.05) is 0 Å². The third-order valence-electron chi connectivity index (χ3n) is 2.13. The number of halogens is 3. The van der Waals surface area contributed by atoms with Gasteiger partial charge >= 0.3 is 6.18 Å². The molecular formula is C10H13F3N4. The molecule has 0 fully saturated rings. The van der Waals surface area contributed by atoms with Gasteiger partial charge in [0.15, 0.2) is 0 Å². The maximum Gasteiger partial charge on any atom is 0.405 e. The molecule has 0 atom stereocenters. The summed E-state index contributed by atoms with van der Waals surface area (Å²) in [5, 5.41) is 7.31. The summed E-state index contributed by atoms with van der Waals surface area (Å²) >= 11 is 0. The first kappa shape index (κ1) is 13.3. The van der Waals surface area contributed by atoms with E-state index in [-0.39, 0.29) is 23.8 Å². The fraction of sp³-hybridized carbons (Fsp3) is 0.400. The molecular weight excluding hydrogens is 233 g/mol. The van der Waals surface area contributed by atoms with Gasteiger partial charge in [-0.15, -0.1) is 0 Å². The number of hydrogen-bond donors (Lipinski definition) is 2. The lowest BCUT2D eigenvalue weighted by atomic mass is 10.2. The van der Waals surface area contributed by atoms with Crippen LogP contribution in [-0.4, -0.2) is 30.1 Å². The van der Waals surface area contributed by atoms with Gasteiger partial charge in [0.05, 0.1) is 5.56 Å². The van der Waals surface area contributed by atoms with Crippen molar-refractivity contribution >= 4 is 11.7 Å². The number of aromatic nitrogens is 1. The molecule has 0 aliphatic rings. The van der Waals surface area contributed by atoms with Crippen LogP contribution in [0.1, 0.15) is 12.5 Å². The SMILES string of the molecule is CCN(CC(F)(F)F)c1ncccc1C(=N)N. The zero-order valence-electron chi connectivity index (χ0n) is 9.25. The van der Waals surface area contributed by atoms with Crippen molar-refractivity contribution in [2.24, 2.45) is 5.73 Å². The first-order valence-electron chi connectivity index (χ1n) is 4.96. The molecule has 0 aliphatic carbocycles. The molecule has 1 aromatic heterocycles. The molecule has 1 heterocycles. The fourth-order valence-electron chi connectivity index (χ4n) is 1.41. The Hall–Kier alpha value is -1.79. The molecule has 0 bridgehead atoms. The molecule has 0 radical (unpaired) electrons. The Kier molecular flexibility index (Phi) is 3.93. The fourth-order valence-corrected chi connectivity index (χ4v) is 1.41. The van der Waals surface area contributed by atoms with Crippen LogP contribution >= 0.6 is 0 Å². The number of alkyl halides is 3. The maximum atomic E-state index is 12.4. The van der Waals surface area contributed by atoms with Gasteiger partial charge < -0.3 is 10.6 Å². The van der Waals surface area contributed by atoms with E-state index in [1.54, 1.807) is 6.92 Å². The minimum Gasteiger partial charge on any atom is -0.384 e. The molecule has 0 saturated carbocycles. The Morgan fingerprint density at radius 3 is 2.65 bits per heavy atom. The lowest BCUT2D eigenvalue weighted by Crippen LogP contribution is -2.36. The zero-order chi connectivity index (χ0) is 13.1. The Bertz CT molecular complexity index is 403. The van der Waals surface area contributed by atoms with Gasteiger partial charge in [0.2, 0.25) is 0 Å². The summed E-state index contributed by atoms with van der Waals surface area (Å²) in [6.45, 7) is 0.613. The Morgan fingerprint density at radius 2 is 2.18 bits per heavy atom. The molecule has 0 amide bonds. The second kappa shape index (κ2) is 5.03. The average Bonchev–Trinajstić information content (AvgIpc) is 2.24. The van der Waals surface area contributed by atoms with Crippen LogP contribution in [-0.2, 0) is 0 Å². The summed E-state index contributed by atoms with van der Waals surface area (Å²) in [7, 11) is 0. The molecule has 4 nitrogen and oxygen atoms in total. The van der Waals surface area contributed by atoms with Gasteiger partial charge in [-0.2, -0.15) is 13.2 Å². The van der Waals surface area contributed by atoms with Gasteiger partial charge in [-0.25, -0.2) is 4.98 Å². The van der Waals surface area contributed by atoms with Crippen LogP contribution < -0.4 is 10.6 Å². The molecule has 7 heteroatoms. The van der Waals surface area contributed by atoms with Gasteiger partial charge in [0.25, 0.3) is 0 Å². The van der Waals surface area contributed by atoms with E-state index >= 15 is 0 Å². The third kappa shape index (κ3) is 3.61. The second-order valence-corrected chi connectivity index (χ2v) is 3.42. The Labute approximate surface area is 96.8 Å². The van der Waals surface area contributed by atoms with Crippen molar-refractivity contribution in [2.75, 3.05) is 18.0 Å². The standard InChI is InChI=1S/C10H13F3N4/c1-2-17(6-10(11,12)13)9-7(8(14)15)4-3-5-16-9/h3-5H,2,6H2,1H3,(H3,14,15). The van der Waals surface area contributed by atoms with E-state index in [9.17, 15) is 13.2 Å². The highest BCUT2D eigenvalue weighted by Gasteiger charge is 2.31. The lowest BCUT2D eigenvalue weighted by molar-refractivity contribution is -0.119. The quantitative estimate of drug-likeness (QED) is 0.628. The lowest BCUT2D eigenvalue weighted by Gasteiger charge is -2.24. The number of amidine groups is 1. The number of rotatable bonds is 4. The van der Waals surface area contributed by atoms with Crippen LogP contribution in [0, 0.1) is 5.41 Å². The molecule has 0 unspecified atom stereocenters. The van der Waals surface area contributed by atoms with Crippen molar-refractivity contribution in [3.8, 4) is 0 Å². The third-order valence-corrected chi connectivity index (χ3v) is 2.13. The summed E-state index contributed by atoms with van der Waals surface area (Å²) in [4.78, 5) is 4.90. The van der Waals surface area contributed by atoms with E-state index in [0.29, 0.717) is 0 Å². The minimum absolute atomic E-state index is 0.0832. The molecule has 0 aromatic carbocycles. The van der Waals surface area contributed by atoms with Crippen molar-refractivity contribution in [3.05, 3.63) is 23.9 Å². The highest BCUT2D eigenvalue weighted by atomic mass is 19.4. The van der Waals surface area contributed by atoms with E-state index in [2.05, 4.69) is 4.98 Å². The monoisotopic (exact) mass is 246 g/mol. The maximum absolute atomic E-state index is 12.4. The first-order chi connectivity index (χ1) is 7.85. The summed E-state index contributed by atoms with van der Waals surface area (Å²) < 4.78 is 37.1. The van der Waals surface area contributed by atoms with Crippen molar-refractivity contribution in [2.45, 2.75) is 13.1 Å². The van der Waals surface area contributed by atoms with E-state index in [0.717, 1.165) is 4.90 Å². The molecule has 0 spiro atoms. The largest absolute Gasteiger partial charge is 0.405 e. The molecule has 1 aromatic rings. The van der Waals surface area contributed by atoms with Crippen LogP contribution in [0.2, 0.25) is 0 Å². The van der Waals surface area contributed by atoms with Crippen LogP contribution in [0.3, 0.4) is 0 Å². The number of pyridine rings is 1. The summed E-state index contributed by atoms with van der Waals surface area (Å²) in [5.74, 6) is -0.214. The Morgan fingerprint density at radius 1 is 1.53 bits per heavy atom. The first-order valence-corrected chi connectivity index (χ1v) is 4.96. The molecule has 0 aliphatic heterocycles.